The first-order chi connectivity index (χ1) is 14.9. The highest BCUT2D eigenvalue weighted by atomic mass is 32.2. The van der Waals surface area contributed by atoms with Crippen molar-refractivity contribution in [3.8, 4) is 0 Å². The summed E-state index contributed by atoms with van der Waals surface area (Å²) >= 11 is 0. The molecule has 7 nitrogen and oxygen atoms in total. The van der Waals surface area contributed by atoms with Gasteiger partial charge in [-0.3, -0.25) is 4.79 Å². The highest BCUT2D eigenvalue weighted by Gasteiger charge is 2.26. The maximum absolute atomic E-state index is 12.1. The van der Waals surface area contributed by atoms with Gasteiger partial charge in [-0.1, -0.05) is 32.6 Å². The molecule has 0 spiro atoms. The Morgan fingerprint density at radius 1 is 0.968 bits per heavy atom. The lowest BCUT2D eigenvalue weighted by Gasteiger charge is -2.28. The van der Waals surface area contributed by atoms with E-state index in [-0.39, 0.29) is 30.9 Å². The fourth-order valence-electron chi connectivity index (χ4n) is 4.05. The Balaban J connectivity index is 2.04. The number of nitrogens with zero attached hydrogens (tertiary/aromatic N) is 1. The van der Waals surface area contributed by atoms with Crippen molar-refractivity contribution >= 4 is 16.0 Å². The van der Waals surface area contributed by atoms with Crippen molar-refractivity contribution in [3.05, 3.63) is 0 Å². The van der Waals surface area contributed by atoms with Crippen molar-refractivity contribution in [3.63, 3.8) is 0 Å². The van der Waals surface area contributed by atoms with Crippen LogP contribution in [0.2, 0.25) is 0 Å². The number of hydrogen-bond donors (Lipinski definition) is 1. The maximum atomic E-state index is 12.1. The zero-order chi connectivity index (χ0) is 23.0. The van der Waals surface area contributed by atoms with Crippen LogP contribution in [0.5, 0.6) is 0 Å². The van der Waals surface area contributed by atoms with Crippen LogP contribution in [0.15, 0.2) is 0 Å². The first-order valence-electron chi connectivity index (χ1n) is 12.3. The summed E-state index contributed by atoms with van der Waals surface area (Å²) in [4.78, 5) is 13.8. The predicted molar refractivity (Wildman–Crippen MR) is 126 cm³/mol. The van der Waals surface area contributed by atoms with E-state index in [0.29, 0.717) is 0 Å². The van der Waals surface area contributed by atoms with Crippen LogP contribution in [0.1, 0.15) is 84.5 Å². The quantitative estimate of drug-likeness (QED) is 0.247. The van der Waals surface area contributed by atoms with Crippen molar-refractivity contribution in [2.24, 2.45) is 5.92 Å². The van der Waals surface area contributed by atoms with E-state index in [1.54, 1.807) is 6.92 Å². The van der Waals surface area contributed by atoms with Crippen LogP contribution in [-0.2, 0) is 24.3 Å². The number of carbonyl (C=O) groups excluding carboxylic acids is 1. The monoisotopic (exact) mass is 462 g/mol. The molecule has 0 bridgehead atoms. The second kappa shape index (κ2) is 16.9. The number of esters is 1. The molecule has 0 atom stereocenters. The molecule has 0 aromatic carbocycles. The third-order valence-electron chi connectivity index (χ3n) is 5.92. The molecule has 0 aromatic rings. The van der Waals surface area contributed by atoms with Crippen LogP contribution >= 0.6 is 0 Å². The fourth-order valence-corrected chi connectivity index (χ4v) is 5.46. The minimum Gasteiger partial charge on any atom is -0.465 e. The van der Waals surface area contributed by atoms with E-state index in [9.17, 15) is 13.2 Å². The van der Waals surface area contributed by atoms with Gasteiger partial charge in [-0.25, -0.2) is 13.1 Å². The highest BCUT2D eigenvalue weighted by molar-refractivity contribution is 7.89. The summed E-state index contributed by atoms with van der Waals surface area (Å²) in [6.45, 7) is 7.11. The molecule has 1 rings (SSSR count). The van der Waals surface area contributed by atoms with Gasteiger partial charge in [-0.15, -0.1) is 0 Å². The first kappa shape index (κ1) is 28.3. The molecule has 1 N–H and O–H groups in total. The molecule has 0 saturated heterocycles. The Kier molecular flexibility index (Phi) is 15.4. The Labute approximate surface area is 190 Å². The van der Waals surface area contributed by atoms with Crippen LogP contribution < -0.4 is 4.72 Å². The molecule has 1 fully saturated rings. The summed E-state index contributed by atoms with van der Waals surface area (Å²) in [6, 6.07) is 0. The Morgan fingerprint density at radius 2 is 1.61 bits per heavy atom. The van der Waals surface area contributed by atoms with E-state index < -0.39 is 16.0 Å². The molecule has 0 aliphatic heterocycles. The molecular formula is C23H46N2O5S. The molecule has 0 radical (unpaired) electrons. The van der Waals surface area contributed by atoms with Crippen molar-refractivity contribution in [1.29, 1.82) is 0 Å². The summed E-state index contributed by atoms with van der Waals surface area (Å²) in [5, 5.41) is 0. The molecule has 0 unspecified atom stereocenters. The van der Waals surface area contributed by atoms with E-state index in [0.717, 1.165) is 38.7 Å². The standard InChI is InChI=1S/C23H46N2O5S/c1-4-6-9-16-25(3)17-10-7-8-11-18-30-22-14-12-21(13-15-22)20-31(27,28)24-19-23(26)29-5-2/h21-22,24H,4-20H2,1-3H3. The molecule has 1 aliphatic rings. The molecule has 0 amide bonds. The topological polar surface area (TPSA) is 84.9 Å². The zero-order valence-corrected chi connectivity index (χ0v) is 20.9. The smallest absolute Gasteiger partial charge is 0.320 e. The number of ether oxygens (including phenoxy) is 2. The first-order valence-corrected chi connectivity index (χ1v) is 13.9. The lowest BCUT2D eigenvalue weighted by Crippen LogP contribution is -2.36. The predicted octanol–water partition coefficient (Wildman–Crippen LogP) is 3.73. The van der Waals surface area contributed by atoms with E-state index in [1.165, 1.54) is 51.6 Å². The summed E-state index contributed by atoms with van der Waals surface area (Å²) in [5.74, 6) is -0.331. The Bertz CT molecular complexity index is 562. The van der Waals surface area contributed by atoms with Crippen LogP contribution in [0, 0.1) is 5.92 Å². The minimum atomic E-state index is -3.45. The molecule has 1 aliphatic carbocycles. The van der Waals surface area contributed by atoms with Gasteiger partial charge in [0, 0.05) is 6.61 Å². The van der Waals surface area contributed by atoms with Gasteiger partial charge in [-0.2, -0.15) is 0 Å². The number of unbranched alkanes of at least 4 members (excludes halogenated alkanes) is 5. The van der Waals surface area contributed by atoms with Gasteiger partial charge in [0.15, 0.2) is 0 Å². The minimum absolute atomic E-state index is 0.0754. The molecule has 0 heterocycles. The van der Waals surface area contributed by atoms with E-state index >= 15 is 0 Å². The SMILES string of the molecule is CCCCCN(C)CCCCCCOC1CCC(CS(=O)(=O)NCC(=O)OCC)CC1. The summed E-state index contributed by atoms with van der Waals surface area (Å²) < 4.78 is 37.4. The van der Waals surface area contributed by atoms with Crippen LogP contribution in [0.25, 0.3) is 0 Å². The van der Waals surface area contributed by atoms with Gasteiger partial charge in [0.05, 0.1) is 18.5 Å². The normalized spacial score (nSPS) is 19.6. The van der Waals surface area contributed by atoms with E-state index in [2.05, 4.69) is 23.6 Å². The second-order valence-corrected chi connectivity index (χ2v) is 10.7. The molecular weight excluding hydrogens is 416 g/mol. The van der Waals surface area contributed by atoms with Crippen molar-refractivity contribution < 1.29 is 22.7 Å². The van der Waals surface area contributed by atoms with E-state index in [1.807, 2.05) is 0 Å². The number of sulfonamides is 1. The highest BCUT2D eigenvalue weighted by Crippen LogP contribution is 2.27. The maximum Gasteiger partial charge on any atom is 0.320 e. The lowest BCUT2D eigenvalue weighted by atomic mass is 9.89. The van der Waals surface area contributed by atoms with Gasteiger partial charge in [-0.05, 0) is 77.9 Å². The molecule has 31 heavy (non-hydrogen) atoms. The van der Waals surface area contributed by atoms with Crippen molar-refractivity contribution in [2.45, 2.75) is 90.6 Å². The van der Waals surface area contributed by atoms with E-state index in [4.69, 9.17) is 9.47 Å². The summed E-state index contributed by atoms with van der Waals surface area (Å²) in [5.41, 5.74) is 0. The Hall–Kier alpha value is -0.700. The van der Waals surface area contributed by atoms with Crippen molar-refractivity contribution in [2.75, 3.05) is 45.6 Å². The number of nitrogens with one attached hydrogen (secondary N) is 1. The fraction of sp³-hybridized carbons (Fsp3) is 0.957. The average Bonchev–Trinajstić information content (AvgIpc) is 2.73. The Morgan fingerprint density at radius 3 is 2.26 bits per heavy atom. The molecule has 184 valence electrons. The summed E-state index contributed by atoms with van der Waals surface area (Å²) in [6.07, 6.45) is 12.5. The number of carbonyl (C=O) groups is 1. The number of rotatable bonds is 18. The number of hydrogen-bond acceptors (Lipinski definition) is 6. The van der Waals surface area contributed by atoms with Gasteiger partial charge < -0.3 is 14.4 Å². The lowest BCUT2D eigenvalue weighted by molar-refractivity contribution is -0.141. The second-order valence-electron chi connectivity index (χ2n) is 8.85. The average molecular weight is 463 g/mol. The van der Waals surface area contributed by atoms with Gasteiger partial charge >= 0.3 is 5.97 Å². The largest absolute Gasteiger partial charge is 0.465 e. The van der Waals surface area contributed by atoms with Gasteiger partial charge in [0.2, 0.25) is 10.0 Å². The third-order valence-corrected chi connectivity index (χ3v) is 7.42. The van der Waals surface area contributed by atoms with Crippen molar-refractivity contribution in [1.82, 2.24) is 9.62 Å². The molecule has 0 aromatic heterocycles. The zero-order valence-electron chi connectivity index (χ0n) is 20.1. The third kappa shape index (κ3) is 14.9. The van der Waals surface area contributed by atoms with Crippen LogP contribution in [-0.4, -0.2) is 71.0 Å². The van der Waals surface area contributed by atoms with Crippen LogP contribution in [0.3, 0.4) is 0 Å². The molecule has 8 heteroatoms. The molecule has 1 saturated carbocycles. The van der Waals surface area contributed by atoms with Crippen LogP contribution in [0.4, 0.5) is 0 Å². The summed E-state index contributed by atoms with van der Waals surface area (Å²) in [7, 11) is -1.23. The van der Waals surface area contributed by atoms with Gasteiger partial charge in [0.1, 0.15) is 6.54 Å². The van der Waals surface area contributed by atoms with Gasteiger partial charge in [0.25, 0.3) is 0 Å².